The van der Waals surface area contributed by atoms with Crippen LogP contribution in [0.25, 0.3) is 0 Å². The molecular formula is C10H16N4. The molecule has 0 amide bonds. The van der Waals surface area contributed by atoms with E-state index in [1.165, 1.54) is 0 Å². The van der Waals surface area contributed by atoms with E-state index in [0.717, 1.165) is 29.9 Å². The number of unbranched alkanes of at least 4 members (excludes halogenated alkanes) is 1. The number of aromatic nitrogens is 2. The second-order valence-electron chi connectivity index (χ2n) is 3.20. The lowest BCUT2D eigenvalue weighted by molar-refractivity contribution is 1.00. The maximum Gasteiger partial charge on any atom is 0.220 e. The Bertz CT molecular complexity index is 321. The molecule has 1 rings (SSSR count). The second-order valence-corrected chi connectivity index (χ2v) is 3.20. The van der Waals surface area contributed by atoms with Gasteiger partial charge in [0.15, 0.2) is 0 Å². The number of rotatable bonds is 3. The SMILES string of the molecule is CCCC=Nc1c(C)nc(N)nc1C. The second kappa shape index (κ2) is 4.69. The Balaban J connectivity index is 2.96. The molecule has 0 saturated carbocycles. The average molecular weight is 192 g/mol. The van der Waals surface area contributed by atoms with E-state index >= 15 is 0 Å². The van der Waals surface area contributed by atoms with Gasteiger partial charge in [-0.2, -0.15) is 0 Å². The van der Waals surface area contributed by atoms with Gasteiger partial charge in [0.05, 0.1) is 11.4 Å². The molecule has 0 aliphatic heterocycles. The summed E-state index contributed by atoms with van der Waals surface area (Å²) in [4.78, 5) is 12.5. The Morgan fingerprint density at radius 1 is 1.29 bits per heavy atom. The first-order valence-electron chi connectivity index (χ1n) is 4.78. The van der Waals surface area contributed by atoms with Gasteiger partial charge in [-0.05, 0) is 20.3 Å². The largest absolute Gasteiger partial charge is 0.368 e. The molecule has 14 heavy (non-hydrogen) atoms. The molecule has 4 heteroatoms. The van der Waals surface area contributed by atoms with Crippen LogP contribution in [0, 0.1) is 13.8 Å². The number of nitrogen functional groups attached to an aromatic ring is 1. The predicted octanol–water partition coefficient (Wildman–Crippen LogP) is 2.18. The van der Waals surface area contributed by atoms with Gasteiger partial charge in [0.1, 0.15) is 5.69 Å². The molecule has 0 atom stereocenters. The smallest absolute Gasteiger partial charge is 0.220 e. The molecule has 0 saturated heterocycles. The Morgan fingerprint density at radius 3 is 2.36 bits per heavy atom. The maximum atomic E-state index is 5.51. The highest BCUT2D eigenvalue weighted by atomic mass is 15.0. The first-order valence-corrected chi connectivity index (χ1v) is 4.78. The third-order valence-corrected chi connectivity index (χ3v) is 1.89. The van der Waals surface area contributed by atoms with Gasteiger partial charge in [-0.25, -0.2) is 9.97 Å². The van der Waals surface area contributed by atoms with E-state index in [2.05, 4.69) is 21.9 Å². The van der Waals surface area contributed by atoms with E-state index in [0.29, 0.717) is 5.95 Å². The minimum absolute atomic E-state index is 0.314. The van der Waals surface area contributed by atoms with Crippen molar-refractivity contribution in [3.63, 3.8) is 0 Å². The highest BCUT2D eigenvalue weighted by Gasteiger charge is 2.04. The minimum atomic E-state index is 0.314. The molecule has 0 aromatic carbocycles. The lowest BCUT2D eigenvalue weighted by Gasteiger charge is -2.03. The lowest BCUT2D eigenvalue weighted by Crippen LogP contribution is -1.99. The average Bonchev–Trinajstić information content (AvgIpc) is 2.09. The number of nitrogens with two attached hydrogens (primary N) is 1. The number of anilines is 1. The van der Waals surface area contributed by atoms with Gasteiger partial charge in [0, 0.05) is 6.21 Å². The van der Waals surface area contributed by atoms with Crippen LogP contribution in [-0.4, -0.2) is 16.2 Å². The van der Waals surface area contributed by atoms with E-state index in [9.17, 15) is 0 Å². The highest BCUT2D eigenvalue weighted by molar-refractivity contribution is 5.65. The molecule has 0 radical (unpaired) electrons. The predicted molar refractivity (Wildman–Crippen MR) is 59.0 cm³/mol. The van der Waals surface area contributed by atoms with Crippen LogP contribution >= 0.6 is 0 Å². The normalized spacial score (nSPS) is 11.1. The van der Waals surface area contributed by atoms with Crippen molar-refractivity contribution in [3.05, 3.63) is 11.4 Å². The minimum Gasteiger partial charge on any atom is -0.368 e. The molecule has 1 heterocycles. The van der Waals surface area contributed by atoms with Crippen molar-refractivity contribution in [1.29, 1.82) is 0 Å². The fourth-order valence-corrected chi connectivity index (χ4v) is 1.21. The molecule has 0 aliphatic carbocycles. The summed E-state index contributed by atoms with van der Waals surface area (Å²) in [5.41, 5.74) is 8.02. The van der Waals surface area contributed by atoms with Crippen molar-refractivity contribution in [1.82, 2.24) is 9.97 Å². The topological polar surface area (TPSA) is 64.2 Å². The summed E-state index contributed by atoms with van der Waals surface area (Å²) in [5.74, 6) is 0.314. The van der Waals surface area contributed by atoms with Gasteiger partial charge in [0.25, 0.3) is 0 Å². The van der Waals surface area contributed by atoms with Crippen molar-refractivity contribution in [2.75, 3.05) is 5.73 Å². The summed E-state index contributed by atoms with van der Waals surface area (Å²) < 4.78 is 0. The van der Waals surface area contributed by atoms with Crippen molar-refractivity contribution in [3.8, 4) is 0 Å². The summed E-state index contributed by atoms with van der Waals surface area (Å²) in [6.07, 6.45) is 3.97. The van der Waals surface area contributed by atoms with Crippen LogP contribution in [-0.2, 0) is 0 Å². The van der Waals surface area contributed by atoms with E-state index in [1.54, 1.807) is 0 Å². The van der Waals surface area contributed by atoms with E-state index in [-0.39, 0.29) is 0 Å². The van der Waals surface area contributed by atoms with Crippen LogP contribution in [0.3, 0.4) is 0 Å². The Kier molecular flexibility index (Phi) is 3.56. The number of aliphatic imine (C=N–C) groups is 1. The Hall–Kier alpha value is -1.45. The molecule has 0 spiro atoms. The first kappa shape index (κ1) is 10.6. The zero-order valence-corrected chi connectivity index (χ0v) is 8.91. The summed E-state index contributed by atoms with van der Waals surface area (Å²) in [6.45, 7) is 5.90. The quantitative estimate of drug-likeness (QED) is 0.746. The summed E-state index contributed by atoms with van der Waals surface area (Å²) >= 11 is 0. The third-order valence-electron chi connectivity index (χ3n) is 1.89. The van der Waals surface area contributed by atoms with Crippen LogP contribution in [0.2, 0.25) is 0 Å². The number of hydrogen-bond donors (Lipinski definition) is 1. The van der Waals surface area contributed by atoms with E-state index < -0.39 is 0 Å². The maximum absolute atomic E-state index is 5.51. The van der Waals surface area contributed by atoms with Gasteiger partial charge in [-0.15, -0.1) is 0 Å². The van der Waals surface area contributed by atoms with Gasteiger partial charge in [0.2, 0.25) is 5.95 Å². The Morgan fingerprint density at radius 2 is 1.86 bits per heavy atom. The summed E-state index contributed by atoms with van der Waals surface area (Å²) in [5, 5.41) is 0. The molecular weight excluding hydrogens is 176 g/mol. The molecule has 0 fully saturated rings. The fourth-order valence-electron chi connectivity index (χ4n) is 1.21. The molecule has 1 aromatic rings. The summed E-state index contributed by atoms with van der Waals surface area (Å²) in [6, 6.07) is 0. The molecule has 0 bridgehead atoms. The number of nitrogens with zero attached hydrogens (tertiary/aromatic N) is 3. The van der Waals surface area contributed by atoms with Gasteiger partial charge in [-0.3, -0.25) is 4.99 Å². The van der Waals surface area contributed by atoms with Crippen molar-refractivity contribution in [2.24, 2.45) is 4.99 Å². The van der Waals surface area contributed by atoms with Crippen LogP contribution in [0.4, 0.5) is 11.6 Å². The van der Waals surface area contributed by atoms with Gasteiger partial charge < -0.3 is 5.73 Å². The van der Waals surface area contributed by atoms with Crippen LogP contribution in [0.1, 0.15) is 31.2 Å². The van der Waals surface area contributed by atoms with Gasteiger partial charge >= 0.3 is 0 Å². The van der Waals surface area contributed by atoms with Crippen molar-refractivity contribution < 1.29 is 0 Å². The van der Waals surface area contributed by atoms with Crippen molar-refractivity contribution >= 4 is 17.9 Å². The molecule has 1 aromatic heterocycles. The monoisotopic (exact) mass is 192 g/mol. The van der Waals surface area contributed by atoms with Crippen molar-refractivity contribution in [2.45, 2.75) is 33.6 Å². The zero-order chi connectivity index (χ0) is 10.6. The molecule has 2 N–H and O–H groups in total. The molecule has 76 valence electrons. The van der Waals surface area contributed by atoms with Crippen LogP contribution in [0.5, 0.6) is 0 Å². The standard InChI is InChI=1S/C10H16N4/c1-4-5-6-12-9-7(2)13-10(11)14-8(9)3/h6H,4-5H2,1-3H3,(H2,11,13,14). The number of aryl methyl sites for hydroxylation is 2. The highest BCUT2D eigenvalue weighted by Crippen LogP contribution is 2.20. The lowest BCUT2D eigenvalue weighted by atomic mass is 10.3. The van der Waals surface area contributed by atoms with E-state index in [4.69, 9.17) is 5.73 Å². The Labute approximate surface area is 84.3 Å². The first-order chi connectivity index (χ1) is 6.65. The fraction of sp³-hybridized carbons (Fsp3) is 0.500. The van der Waals surface area contributed by atoms with Crippen LogP contribution < -0.4 is 5.73 Å². The number of hydrogen-bond acceptors (Lipinski definition) is 4. The summed E-state index contributed by atoms with van der Waals surface area (Å²) in [7, 11) is 0. The molecule has 0 unspecified atom stereocenters. The molecule has 0 aliphatic rings. The third kappa shape index (κ3) is 2.52. The van der Waals surface area contributed by atoms with Crippen LogP contribution in [0.15, 0.2) is 4.99 Å². The van der Waals surface area contributed by atoms with E-state index in [1.807, 2.05) is 20.1 Å². The van der Waals surface area contributed by atoms with Gasteiger partial charge in [-0.1, -0.05) is 13.3 Å². The molecule has 4 nitrogen and oxygen atoms in total. The zero-order valence-electron chi connectivity index (χ0n) is 8.91.